The second kappa shape index (κ2) is 4.35. The van der Waals surface area contributed by atoms with Crippen LogP contribution in [0.3, 0.4) is 0 Å². The van der Waals surface area contributed by atoms with Crippen LogP contribution in [0, 0.1) is 22.9 Å². The highest BCUT2D eigenvalue weighted by Crippen LogP contribution is 2.26. The average Bonchev–Trinajstić information content (AvgIpc) is 2.20. The quantitative estimate of drug-likeness (QED) is 0.347. The summed E-state index contributed by atoms with van der Waals surface area (Å²) in [5.74, 6) is -1.68. The highest BCUT2D eigenvalue weighted by Gasteiger charge is 2.24. The molecule has 1 rings (SSSR count). The monoisotopic (exact) mass is 231 g/mol. The number of nitro groups is 1. The number of rotatable bonds is 3. The van der Waals surface area contributed by atoms with E-state index in [2.05, 4.69) is 0 Å². The molecule has 1 aromatic rings. The van der Waals surface area contributed by atoms with Gasteiger partial charge in [-0.3, -0.25) is 14.9 Å². The Morgan fingerprint density at radius 2 is 2.20 bits per heavy atom. The van der Waals surface area contributed by atoms with Crippen LogP contribution >= 0.6 is 11.6 Å². The van der Waals surface area contributed by atoms with Crippen molar-refractivity contribution in [2.45, 2.75) is 6.92 Å². The van der Waals surface area contributed by atoms with Crippen molar-refractivity contribution >= 4 is 23.1 Å². The lowest BCUT2D eigenvalue weighted by atomic mass is 10.0. The van der Waals surface area contributed by atoms with Crippen molar-refractivity contribution in [1.29, 1.82) is 0 Å². The fourth-order valence-electron chi connectivity index (χ4n) is 1.21. The summed E-state index contributed by atoms with van der Waals surface area (Å²) in [6.45, 7) is 1.25. The predicted octanol–water partition coefficient (Wildman–Crippen LogP) is 2.46. The van der Waals surface area contributed by atoms with E-state index in [0.717, 1.165) is 12.1 Å². The standard InChI is InChI=1S/C9H7ClFNO3/c1-5-7(11)3-2-6(8(13)4-10)9(5)12(14)15/h2-3H,4H2,1H3. The molecule has 0 aliphatic rings. The predicted molar refractivity (Wildman–Crippen MR) is 52.8 cm³/mol. The van der Waals surface area contributed by atoms with E-state index in [1.165, 1.54) is 6.92 Å². The van der Waals surface area contributed by atoms with Gasteiger partial charge in [0.05, 0.1) is 21.9 Å². The SMILES string of the molecule is Cc1c(F)ccc(C(=O)CCl)c1[N+](=O)[O-]. The van der Waals surface area contributed by atoms with Crippen molar-refractivity contribution in [3.05, 3.63) is 39.2 Å². The first kappa shape index (κ1) is 11.6. The molecule has 0 heterocycles. The second-order valence-electron chi connectivity index (χ2n) is 2.88. The summed E-state index contributed by atoms with van der Waals surface area (Å²) in [5, 5.41) is 10.7. The van der Waals surface area contributed by atoms with Crippen LogP contribution in [0.4, 0.5) is 10.1 Å². The molecule has 0 aromatic heterocycles. The Labute approximate surface area is 89.8 Å². The molecule has 0 aliphatic carbocycles. The Morgan fingerprint density at radius 3 is 2.67 bits per heavy atom. The Hall–Kier alpha value is -1.49. The minimum Gasteiger partial charge on any atom is -0.293 e. The molecule has 80 valence electrons. The van der Waals surface area contributed by atoms with Crippen molar-refractivity contribution in [3.8, 4) is 0 Å². The number of alkyl halides is 1. The molecular formula is C9H7ClFNO3. The molecule has 0 aliphatic heterocycles. The van der Waals surface area contributed by atoms with Gasteiger partial charge in [0.25, 0.3) is 5.69 Å². The van der Waals surface area contributed by atoms with E-state index in [1.807, 2.05) is 0 Å². The number of ketones is 1. The Morgan fingerprint density at radius 1 is 1.60 bits per heavy atom. The zero-order valence-corrected chi connectivity index (χ0v) is 8.55. The molecule has 1 aromatic carbocycles. The highest BCUT2D eigenvalue weighted by molar-refractivity contribution is 6.31. The second-order valence-corrected chi connectivity index (χ2v) is 3.15. The summed E-state index contributed by atoms with van der Waals surface area (Å²) >= 11 is 5.29. The topological polar surface area (TPSA) is 60.2 Å². The van der Waals surface area contributed by atoms with Gasteiger partial charge in [-0.25, -0.2) is 4.39 Å². The zero-order valence-electron chi connectivity index (χ0n) is 7.79. The summed E-state index contributed by atoms with van der Waals surface area (Å²) in [7, 11) is 0. The van der Waals surface area contributed by atoms with Gasteiger partial charge in [-0.15, -0.1) is 11.6 Å². The molecule has 4 nitrogen and oxygen atoms in total. The number of halogens is 2. The van der Waals surface area contributed by atoms with Gasteiger partial charge in [0.15, 0.2) is 5.78 Å². The lowest BCUT2D eigenvalue weighted by Crippen LogP contribution is -2.07. The molecule has 15 heavy (non-hydrogen) atoms. The van der Waals surface area contributed by atoms with Gasteiger partial charge >= 0.3 is 0 Å². The number of hydrogen-bond acceptors (Lipinski definition) is 3. The average molecular weight is 232 g/mol. The van der Waals surface area contributed by atoms with Gasteiger partial charge in [0.2, 0.25) is 0 Å². The van der Waals surface area contributed by atoms with Crippen LogP contribution in [0.2, 0.25) is 0 Å². The Kier molecular flexibility index (Phi) is 3.36. The molecule has 0 atom stereocenters. The smallest absolute Gasteiger partial charge is 0.286 e. The van der Waals surface area contributed by atoms with E-state index < -0.39 is 22.2 Å². The fraction of sp³-hybridized carbons (Fsp3) is 0.222. The summed E-state index contributed by atoms with van der Waals surface area (Å²) in [4.78, 5) is 21.1. The van der Waals surface area contributed by atoms with Gasteiger partial charge in [-0.2, -0.15) is 0 Å². The van der Waals surface area contributed by atoms with Crippen molar-refractivity contribution in [1.82, 2.24) is 0 Å². The highest BCUT2D eigenvalue weighted by atomic mass is 35.5. The lowest BCUT2D eigenvalue weighted by molar-refractivity contribution is -0.385. The van der Waals surface area contributed by atoms with Gasteiger partial charge in [0, 0.05) is 0 Å². The number of benzene rings is 1. The molecule has 0 amide bonds. The molecule has 0 radical (unpaired) electrons. The van der Waals surface area contributed by atoms with Gasteiger partial charge in [-0.1, -0.05) is 0 Å². The maximum Gasteiger partial charge on any atom is 0.286 e. The number of carbonyl (C=O) groups is 1. The molecule has 0 saturated carbocycles. The molecule has 0 bridgehead atoms. The van der Waals surface area contributed by atoms with Crippen molar-refractivity contribution in [2.24, 2.45) is 0 Å². The molecule has 0 fully saturated rings. The largest absolute Gasteiger partial charge is 0.293 e. The van der Waals surface area contributed by atoms with Gasteiger partial charge in [0.1, 0.15) is 5.82 Å². The summed E-state index contributed by atoms with van der Waals surface area (Å²) in [6, 6.07) is 2.09. The third-order valence-electron chi connectivity index (χ3n) is 1.97. The third-order valence-corrected chi connectivity index (χ3v) is 2.21. The van der Waals surface area contributed by atoms with E-state index >= 15 is 0 Å². The van der Waals surface area contributed by atoms with Crippen LogP contribution in [0.15, 0.2) is 12.1 Å². The minimum atomic E-state index is -0.780. The van der Waals surface area contributed by atoms with Gasteiger partial charge in [-0.05, 0) is 19.1 Å². The summed E-state index contributed by atoms with van der Waals surface area (Å²) in [5.41, 5.74) is -0.828. The Bertz CT molecular complexity index is 434. The maximum absolute atomic E-state index is 13.0. The number of carbonyl (C=O) groups excluding carboxylic acids is 1. The van der Waals surface area contributed by atoms with Crippen molar-refractivity contribution < 1.29 is 14.1 Å². The molecule has 0 N–H and O–H groups in total. The van der Waals surface area contributed by atoms with Crippen LogP contribution in [0.25, 0.3) is 0 Å². The normalized spacial score (nSPS) is 10.1. The minimum absolute atomic E-state index is 0.157. The molecule has 0 unspecified atom stereocenters. The first-order chi connectivity index (χ1) is 6.99. The van der Waals surface area contributed by atoms with Crippen LogP contribution in [-0.2, 0) is 0 Å². The van der Waals surface area contributed by atoms with Crippen molar-refractivity contribution in [2.75, 3.05) is 5.88 Å². The van der Waals surface area contributed by atoms with E-state index in [0.29, 0.717) is 0 Å². The lowest BCUT2D eigenvalue weighted by Gasteiger charge is -2.03. The molecule has 0 saturated heterocycles. The molecular weight excluding hydrogens is 225 g/mol. The number of hydrogen-bond donors (Lipinski definition) is 0. The summed E-state index contributed by atoms with van der Waals surface area (Å²) in [6.07, 6.45) is 0. The van der Waals surface area contributed by atoms with E-state index in [9.17, 15) is 19.3 Å². The first-order valence-electron chi connectivity index (χ1n) is 4.01. The van der Waals surface area contributed by atoms with E-state index in [1.54, 1.807) is 0 Å². The van der Waals surface area contributed by atoms with Crippen LogP contribution in [0.5, 0.6) is 0 Å². The number of Topliss-reactive ketones (excluding diaryl/α,β-unsaturated/α-hetero) is 1. The summed E-state index contributed by atoms with van der Waals surface area (Å²) < 4.78 is 13.0. The van der Waals surface area contributed by atoms with Crippen LogP contribution in [0.1, 0.15) is 15.9 Å². The third kappa shape index (κ3) is 2.12. The molecule has 0 spiro atoms. The van der Waals surface area contributed by atoms with E-state index in [-0.39, 0.29) is 17.0 Å². The van der Waals surface area contributed by atoms with Crippen molar-refractivity contribution in [3.63, 3.8) is 0 Å². The number of nitro benzene ring substituents is 1. The number of nitrogens with zero attached hydrogens (tertiary/aromatic N) is 1. The zero-order chi connectivity index (χ0) is 11.6. The van der Waals surface area contributed by atoms with Crippen LogP contribution < -0.4 is 0 Å². The first-order valence-corrected chi connectivity index (χ1v) is 4.55. The maximum atomic E-state index is 13.0. The Balaban J connectivity index is 3.46. The van der Waals surface area contributed by atoms with E-state index in [4.69, 9.17) is 11.6 Å². The fourth-order valence-corrected chi connectivity index (χ4v) is 1.35. The molecule has 6 heteroatoms. The van der Waals surface area contributed by atoms with Gasteiger partial charge < -0.3 is 0 Å². The van der Waals surface area contributed by atoms with Crippen LogP contribution in [-0.4, -0.2) is 16.6 Å².